The fourth-order valence-electron chi connectivity index (χ4n) is 2.59. The monoisotopic (exact) mass is 381 g/mol. The van der Waals surface area contributed by atoms with Gasteiger partial charge in [-0.2, -0.15) is 5.26 Å². The lowest BCUT2D eigenvalue weighted by Crippen LogP contribution is -2.34. The van der Waals surface area contributed by atoms with E-state index in [1.807, 2.05) is 13.0 Å². The van der Waals surface area contributed by atoms with Crippen molar-refractivity contribution >= 4 is 17.6 Å². The van der Waals surface area contributed by atoms with Gasteiger partial charge in [0, 0.05) is 11.3 Å². The Bertz CT molecular complexity index is 871. The fraction of sp³-hybridized carbons (Fsp3) is 0.286. The molecule has 1 atom stereocenters. The third-order valence-corrected chi connectivity index (χ3v) is 4.01. The van der Waals surface area contributed by atoms with Crippen LogP contribution in [0.1, 0.15) is 36.6 Å². The largest absolute Gasteiger partial charge is 0.548 e. The molecule has 28 heavy (non-hydrogen) atoms. The molecule has 0 spiro atoms. The van der Waals surface area contributed by atoms with Crippen LogP contribution in [-0.2, 0) is 20.7 Å². The van der Waals surface area contributed by atoms with Gasteiger partial charge in [0.15, 0.2) is 6.61 Å². The first-order chi connectivity index (χ1) is 13.5. The first-order valence-corrected chi connectivity index (χ1v) is 8.87. The van der Waals surface area contributed by atoms with E-state index >= 15 is 0 Å². The number of hydrogen-bond acceptors (Lipinski definition) is 7. The summed E-state index contributed by atoms with van der Waals surface area (Å²) in [7, 11) is 0. The van der Waals surface area contributed by atoms with Crippen molar-refractivity contribution in [2.45, 2.75) is 26.3 Å². The van der Waals surface area contributed by atoms with Crippen LogP contribution in [0.2, 0.25) is 0 Å². The molecule has 0 aliphatic rings. The van der Waals surface area contributed by atoms with Crippen molar-refractivity contribution < 1.29 is 24.2 Å². The van der Waals surface area contributed by atoms with E-state index in [2.05, 4.69) is 5.32 Å². The number of carbonyl (C=O) groups excluding carboxylic acids is 2. The molecule has 0 amide bonds. The molecule has 0 saturated carbocycles. The molecule has 1 unspecified atom stereocenters. The van der Waals surface area contributed by atoms with Crippen LogP contribution in [-0.4, -0.2) is 25.2 Å². The summed E-state index contributed by atoms with van der Waals surface area (Å²) < 4.78 is 10.3. The number of esters is 1. The Morgan fingerprint density at radius 3 is 2.46 bits per heavy atom. The number of ether oxygens (including phenoxy) is 2. The molecule has 2 aromatic rings. The molecule has 2 aromatic carbocycles. The zero-order valence-corrected chi connectivity index (χ0v) is 15.7. The minimum atomic E-state index is -1.35. The van der Waals surface area contributed by atoms with E-state index in [-0.39, 0.29) is 19.0 Å². The standard InChI is InChI=1S/C21H22N2O5/c1-3-14-7-10-18(28-13-19(24)27-4-2)17(11-14)20(21(25)26)23-16-8-5-15(12-22)6-9-16/h5-11,20,23H,3-4,13H2,1-2H3,(H,25,26)/p-1. The molecular weight excluding hydrogens is 360 g/mol. The van der Waals surface area contributed by atoms with E-state index in [4.69, 9.17) is 14.7 Å². The van der Waals surface area contributed by atoms with Gasteiger partial charge < -0.3 is 24.7 Å². The predicted octanol–water partition coefficient (Wildman–Crippen LogP) is 1.97. The van der Waals surface area contributed by atoms with Crippen LogP contribution in [0.15, 0.2) is 42.5 Å². The van der Waals surface area contributed by atoms with E-state index in [0.717, 1.165) is 5.56 Å². The Kier molecular flexibility index (Phi) is 7.40. The van der Waals surface area contributed by atoms with Gasteiger partial charge in [-0.1, -0.05) is 13.0 Å². The highest BCUT2D eigenvalue weighted by Gasteiger charge is 2.19. The van der Waals surface area contributed by atoms with Gasteiger partial charge in [-0.3, -0.25) is 0 Å². The number of anilines is 1. The molecular formula is C21H21N2O5-. The summed E-state index contributed by atoms with van der Waals surface area (Å²) in [6, 6.07) is 12.3. The second-order valence-corrected chi connectivity index (χ2v) is 5.90. The minimum absolute atomic E-state index is 0.228. The molecule has 1 N–H and O–H groups in total. The van der Waals surface area contributed by atoms with E-state index in [0.29, 0.717) is 23.2 Å². The normalized spacial score (nSPS) is 11.2. The van der Waals surface area contributed by atoms with E-state index in [1.165, 1.54) is 0 Å². The maximum atomic E-state index is 11.8. The lowest BCUT2D eigenvalue weighted by atomic mass is 10.0. The predicted molar refractivity (Wildman–Crippen MR) is 100 cm³/mol. The van der Waals surface area contributed by atoms with Crippen molar-refractivity contribution in [1.82, 2.24) is 0 Å². The topological polar surface area (TPSA) is 111 Å². The summed E-state index contributed by atoms with van der Waals surface area (Å²) >= 11 is 0. The second kappa shape index (κ2) is 9.97. The van der Waals surface area contributed by atoms with Crippen LogP contribution < -0.4 is 15.2 Å². The molecule has 0 saturated heterocycles. The molecule has 0 aliphatic heterocycles. The van der Waals surface area contributed by atoms with Gasteiger partial charge in [0.25, 0.3) is 0 Å². The molecule has 7 heteroatoms. The highest BCUT2D eigenvalue weighted by atomic mass is 16.6. The molecule has 0 radical (unpaired) electrons. The third-order valence-electron chi connectivity index (χ3n) is 4.01. The van der Waals surface area contributed by atoms with Crippen LogP contribution in [0.4, 0.5) is 5.69 Å². The smallest absolute Gasteiger partial charge is 0.344 e. The summed E-state index contributed by atoms with van der Waals surface area (Å²) in [5.74, 6) is -1.64. The average Bonchev–Trinajstić information content (AvgIpc) is 2.71. The molecule has 0 aliphatic carbocycles. The number of carboxylic acid groups (broad SMARTS) is 1. The molecule has 146 valence electrons. The number of aliphatic carboxylic acids is 1. The summed E-state index contributed by atoms with van der Waals surface area (Å²) in [6.45, 7) is 3.53. The first-order valence-electron chi connectivity index (χ1n) is 8.87. The molecule has 0 aromatic heterocycles. The van der Waals surface area contributed by atoms with E-state index < -0.39 is 18.0 Å². The average molecular weight is 381 g/mol. The highest BCUT2D eigenvalue weighted by Crippen LogP contribution is 2.30. The van der Waals surface area contributed by atoms with Gasteiger partial charge in [0.1, 0.15) is 5.75 Å². The van der Waals surface area contributed by atoms with Crippen molar-refractivity contribution in [3.8, 4) is 11.8 Å². The van der Waals surface area contributed by atoms with Gasteiger partial charge in [-0.25, -0.2) is 4.79 Å². The lowest BCUT2D eigenvalue weighted by Gasteiger charge is -2.24. The lowest BCUT2D eigenvalue weighted by molar-refractivity contribution is -0.307. The summed E-state index contributed by atoms with van der Waals surface area (Å²) in [5, 5.41) is 23.6. The van der Waals surface area contributed by atoms with Crippen LogP contribution in [0.3, 0.4) is 0 Å². The Morgan fingerprint density at radius 2 is 1.89 bits per heavy atom. The number of nitriles is 1. The number of hydrogen-bond donors (Lipinski definition) is 1. The number of rotatable bonds is 9. The van der Waals surface area contributed by atoms with Gasteiger partial charge in [0.05, 0.1) is 30.3 Å². The second-order valence-electron chi connectivity index (χ2n) is 5.90. The number of carboxylic acids is 1. The maximum Gasteiger partial charge on any atom is 0.344 e. The number of nitrogens with zero attached hydrogens (tertiary/aromatic N) is 1. The number of carbonyl (C=O) groups is 2. The van der Waals surface area contributed by atoms with E-state index in [1.54, 1.807) is 49.4 Å². The van der Waals surface area contributed by atoms with E-state index in [9.17, 15) is 14.7 Å². The van der Waals surface area contributed by atoms with Gasteiger partial charge in [0.2, 0.25) is 0 Å². The van der Waals surface area contributed by atoms with Gasteiger partial charge >= 0.3 is 5.97 Å². The number of benzene rings is 2. The van der Waals surface area contributed by atoms with Crippen molar-refractivity contribution in [1.29, 1.82) is 5.26 Å². The number of aryl methyl sites for hydroxylation is 1. The molecule has 0 bridgehead atoms. The summed E-state index contributed by atoms with van der Waals surface area (Å²) in [4.78, 5) is 23.4. The SMILES string of the molecule is CCOC(=O)COc1ccc(CC)cc1C(Nc1ccc(C#N)cc1)C(=O)[O-]. The molecule has 2 rings (SSSR count). The Hall–Kier alpha value is -3.53. The van der Waals surface area contributed by atoms with Gasteiger partial charge in [-0.15, -0.1) is 0 Å². The van der Waals surface area contributed by atoms with Crippen LogP contribution in [0.5, 0.6) is 5.75 Å². The van der Waals surface area contributed by atoms with Gasteiger partial charge in [-0.05, 0) is 55.3 Å². The Morgan fingerprint density at radius 1 is 1.18 bits per heavy atom. The first kappa shape index (κ1) is 20.8. The van der Waals surface area contributed by atoms with Crippen molar-refractivity contribution in [2.75, 3.05) is 18.5 Å². The zero-order valence-electron chi connectivity index (χ0n) is 15.7. The summed E-state index contributed by atoms with van der Waals surface area (Å²) in [6.07, 6.45) is 0.696. The highest BCUT2D eigenvalue weighted by molar-refractivity contribution is 5.79. The maximum absolute atomic E-state index is 11.8. The van der Waals surface area contributed by atoms with Crippen LogP contribution in [0, 0.1) is 11.3 Å². The quantitative estimate of drug-likeness (QED) is 0.661. The van der Waals surface area contributed by atoms with Crippen LogP contribution in [0.25, 0.3) is 0 Å². The van der Waals surface area contributed by atoms with Crippen molar-refractivity contribution in [2.24, 2.45) is 0 Å². The zero-order chi connectivity index (χ0) is 20.5. The molecule has 7 nitrogen and oxygen atoms in total. The van der Waals surface area contributed by atoms with Crippen molar-refractivity contribution in [3.63, 3.8) is 0 Å². The Labute approximate surface area is 163 Å². The minimum Gasteiger partial charge on any atom is -0.548 e. The number of nitrogens with one attached hydrogen (secondary N) is 1. The fourth-order valence-corrected chi connectivity index (χ4v) is 2.59. The molecule has 0 fully saturated rings. The molecule has 0 heterocycles. The Balaban J connectivity index is 2.33. The van der Waals surface area contributed by atoms with Crippen molar-refractivity contribution in [3.05, 3.63) is 59.2 Å². The summed E-state index contributed by atoms with van der Waals surface area (Å²) in [5.41, 5.74) is 2.22. The van der Waals surface area contributed by atoms with Crippen LogP contribution >= 0.6 is 0 Å². The third kappa shape index (κ3) is 5.48.